The van der Waals surface area contributed by atoms with Crippen LogP contribution in [-0.4, -0.2) is 15.6 Å². The lowest BCUT2D eigenvalue weighted by Gasteiger charge is -2.22. The highest BCUT2D eigenvalue weighted by atomic mass is 19.1. The number of aromatic nitrogens is 1. The summed E-state index contributed by atoms with van der Waals surface area (Å²) in [6.45, 7) is 1.92. The zero-order valence-electron chi connectivity index (χ0n) is 16.9. The second-order valence-corrected chi connectivity index (χ2v) is 7.36. The third-order valence-corrected chi connectivity index (χ3v) is 5.42. The van der Waals surface area contributed by atoms with Gasteiger partial charge < -0.3 is 9.67 Å². The molecule has 0 bridgehead atoms. The Bertz CT molecular complexity index is 1210. The van der Waals surface area contributed by atoms with Gasteiger partial charge in [-0.05, 0) is 71.1 Å². The van der Waals surface area contributed by atoms with E-state index in [1.807, 2.05) is 37.4 Å². The van der Waals surface area contributed by atoms with Crippen LogP contribution in [0, 0.1) is 11.6 Å². The fourth-order valence-corrected chi connectivity index (χ4v) is 3.93. The number of halogens is 2. The average Bonchev–Trinajstić information content (AvgIpc) is 3.17. The van der Waals surface area contributed by atoms with Gasteiger partial charge in [0.1, 0.15) is 11.6 Å². The van der Waals surface area contributed by atoms with Crippen LogP contribution < -0.4 is 0 Å². The van der Waals surface area contributed by atoms with Crippen LogP contribution in [0.2, 0.25) is 0 Å². The molecule has 0 aliphatic carbocycles. The second kappa shape index (κ2) is 8.56. The number of nitrogens with zero attached hydrogens (tertiary/aromatic N) is 1. The van der Waals surface area contributed by atoms with E-state index in [4.69, 9.17) is 5.11 Å². The van der Waals surface area contributed by atoms with E-state index in [9.17, 15) is 13.6 Å². The lowest BCUT2D eigenvalue weighted by molar-refractivity contribution is -0.131. The van der Waals surface area contributed by atoms with Gasteiger partial charge in [0.2, 0.25) is 0 Å². The van der Waals surface area contributed by atoms with Crippen molar-refractivity contribution in [1.29, 1.82) is 0 Å². The Morgan fingerprint density at radius 1 is 0.935 bits per heavy atom. The molecule has 0 unspecified atom stereocenters. The highest BCUT2D eigenvalue weighted by Gasteiger charge is 2.19. The first-order chi connectivity index (χ1) is 15.0. The normalized spacial score (nSPS) is 11.9. The molecule has 1 aromatic heterocycles. The zero-order chi connectivity index (χ0) is 22.0. The Hall–Kier alpha value is -3.73. The number of allylic oxidation sites excluding steroid dienone is 1. The summed E-state index contributed by atoms with van der Waals surface area (Å²) < 4.78 is 29.1. The second-order valence-electron chi connectivity index (χ2n) is 7.36. The molecule has 1 heterocycles. The molecule has 0 saturated carbocycles. The van der Waals surface area contributed by atoms with Crippen molar-refractivity contribution in [2.45, 2.75) is 19.4 Å². The van der Waals surface area contributed by atoms with Gasteiger partial charge in [0.15, 0.2) is 0 Å². The molecule has 0 saturated heterocycles. The molecule has 0 aliphatic rings. The van der Waals surface area contributed by atoms with Gasteiger partial charge in [-0.25, -0.2) is 13.6 Å². The quantitative estimate of drug-likeness (QED) is 0.367. The number of carbonyl (C=O) groups is 1. The molecule has 0 aliphatic heterocycles. The SMILES string of the molecule is CC/C(=C\C(=O)O)c1ccc2c(ccn2C(c2ccc(F)cc2)c2ccc(F)cc2)c1. The van der Waals surface area contributed by atoms with Crippen molar-refractivity contribution in [1.82, 2.24) is 4.57 Å². The van der Waals surface area contributed by atoms with Crippen molar-refractivity contribution in [2.75, 3.05) is 0 Å². The van der Waals surface area contributed by atoms with Gasteiger partial charge >= 0.3 is 5.97 Å². The summed E-state index contributed by atoms with van der Waals surface area (Å²) in [4.78, 5) is 11.1. The van der Waals surface area contributed by atoms with E-state index in [2.05, 4.69) is 4.57 Å². The van der Waals surface area contributed by atoms with Crippen molar-refractivity contribution in [3.8, 4) is 0 Å². The molecular formula is C26H21F2NO2. The van der Waals surface area contributed by atoms with Crippen LogP contribution >= 0.6 is 0 Å². The van der Waals surface area contributed by atoms with Crippen molar-refractivity contribution >= 4 is 22.4 Å². The molecule has 0 fully saturated rings. The number of hydrogen-bond donors (Lipinski definition) is 1. The topological polar surface area (TPSA) is 42.2 Å². The molecule has 3 aromatic carbocycles. The standard InChI is InChI=1S/C26H21F2NO2/c1-2-17(16-25(30)31)20-7-12-24-21(15-20)13-14-29(24)26(18-3-8-22(27)9-4-18)19-5-10-23(28)11-6-19/h3-16,26H,2H2,1H3,(H,30,31)/b17-16+. The average molecular weight is 417 g/mol. The van der Waals surface area contributed by atoms with E-state index in [1.165, 1.54) is 30.3 Å². The minimum Gasteiger partial charge on any atom is -0.478 e. The van der Waals surface area contributed by atoms with Gasteiger partial charge in [-0.2, -0.15) is 0 Å². The maximum Gasteiger partial charge on any atom is 0.328 e. The fourth-order valence-electron chi connectivity index (χ4n) is 3.93. The molecule has 4 rings (SSSR count). The van der Waals surface area contributed by atoms with Crippen LogP contribution in [-0.2, 0) is 4.79 Å². The van der Waals surface area contributed by atoms with Gasteiger partial charge in [0.05, 0.1) is 6.04 Å². The Morgan fingerprint density at radius 2 is 1.52 bits per heavy atom. The Labute approximate surface area is 178 Å². The summed E-state index contributed by atoms with van der Waals surface area (Å²) in [5.41, 5.74) is 4.28. The number of carboxylic acids is 1. The molecule has 156 valence electrons. The van der Waals surface area contributed by atoms with Gasteiger partial charge in [0, 0.05) is 23.2 Å². The summed E-state index contributed by atoms with van der Waals surface area (Å²) in [6, 6.07) is 20.1. The summed E-state index contributed by atoms with van der Waals surface area (Å²) in [5, 5.41) is 10.1. The maximum atomic E-state index is 13.5. The molecule has 31 heavy (non-hydrogen) atoms. The van der Waals surface area contributed by atoms with Crippen molar-refractivity contribution < 1.29 is 18.7 Å². The summed E-state index contributed by atoms with van der Waals surface area (Å²) in [6.07, 6.45) is 3.78. The molecule has 0 radical (unpaired) electrons. The zero-order valence-corrected chi connectivity index (χ0v) is 16.9. The predicted molar refractivity (Wildman–Crippen MR) is 118 cm³/mol. The fraction of sp³-hybridized carbons (Fsp3) is 0.115. The number of rotatable bonds is 6. The van der Waals surface area contributed by atoms with Crippen LogP contribution in [0.1, 0.15) is 36.1 Å². The van der Waals surface area contributed by atoms with E-state index >= 15 is 0 Å². The molecule has 1 N–H and O–H groups in total. The van der Waals surface area contributed by atoms with Gasteiger partial charge in [-0.15, -0.1) is 0 Å². The van der Waals surface area contributed by atoms with Crippen LogP contribution in [0.5, 0.6) is 0 Å². The highest BCUT2D eigenvalue weighted by Crippen LogP contribution is 2.32. The van der Waals surface area contributed by atoms with Crippen molar-refractivity contribution in [3.05, 3.63) is 113 Å². The Balaban J connectivity index is 1.85. The van der Waals surface area contributed by atoms with E-state index < -0.39 is 5.97 Å². The number of hydrogen-bond acceptors (Lipinski definition) is 1. The molecule has 4 aromatic rings. The number of aliphatic carboxylic acids is 1. The largest absolute Gasteiger partial charge is 0.478 e. The van der Waals surface area contributed by atoms with E-state index in [0.29, 0.717) is 6.42 Å². The lowest BCUT2D eigenvalue weighted by Crippen LogP contribution is -2.11. The van der Waals surface area contributed by atoms with Crippen LogP contribution in [0.15, 0.2) is 85.1 Å². The first-order valence-corrected chi connectivity index (χ1v) is 10.0. The predicted octanol–water partition coefficient (Wildman–Crippen LogP) is 6.44. The van der Waals surface area contributed by atoms with Gasteiger partial charge in [0.25, 0.3) is 0 Å². The van der Waals surface area contributed by atoms with Crippen LogP contribution in [0.4, 0.5) is 8.78 Å². The van der Waals surface area contributed by atoms with E-state index in [-0.39, 0.29) is 17.7 Å². The van der Waals surface area contributed by atoms with Crippen LogP contribution in [0.3, 0.4) is 0 Å². The molecular weight excluding hydrogens is 396 g/mol. The molecule has 0 spiro atoms. The van der Waals surface area contributed by atoms with Gasteiger partial charge in [-0.3, -0.25) is 0 Å². The first kappa shape index (κ1) is 20.5. The number of fused-ring (bicyclic) bond motifs is 1. The summed E-state index contributed by atoms with van der Waals surface area (Å²) in [5.74, 6) is -1.61. The van der Waals surface area contributed by atoms with Crippen LogP contribution in [0.25, 0.3) is 16.5 Å². The molecule has 0 atom stereocenters. The smallest absolute Gasteiger partial charge is 0.328 e. The Kier molecular flexibility index (Phi) is 5.67. The van der Waals surface area contributed by atoms with Gasteiger partial charge in [-0.1, -0.05) is 37.3 Å². The number of carboxylic acid groups (broad SMARTS) is 1. The third-order valence-electron chi connectivity index (χ3n) is 5.42. The summed E-state index contributed by atoms with van der Waals surface area (Å²) >= 11 is 0. The Morgan fingerprint density at radius 3 is 2.03 bits per heavy atom. The molecule has 0 amide bonds. The minimum atomic E-state index is -0.970. The first-order valence-electron chi connectivity index (χ1n) is 10.0. The maximum absolute atomic E-state index is 13.5. The van der Waals surface area contributed by atoms with E-state index in [0.717, 1.165) is 33.2 Å². The minimum absolute atomic E-state index is 0.273. The molecule has 3 nitrogen and oxygen atoms in total. The molecule has 5 heteroatoms. The summed E-state index contributed by atoms with van der Waals surface area (Å²) in [7, 11) is 0. The van der Waals surface area contributed by atoms with Crippen molar-refractivity contribution in [2.24, 2.45) is 0 Å². The van der Waals surface area contributed by atoms with E-state index in [1.54, 1.807) is 24.3 Å². The third kappa shape index (κ3) is 4.26. The van der Waals surface area contributed by atoms with Crippen molar-refractivity contribution in [3.63, 3.8) is 0 Å². The number of benzene rings is 3. The monoisotopic (exact) mass is 417 g/mol. The highest BCUT2D eigenvalue weighted by molar-refractivity contribution is 5.92. The lowest BCUT2D eigenvalue weighted by atomic mass is 9.97.